The van der Waals surface area contributed by atoms with E-state index in [0.717, 1.165) is 11.1 Å². The molecule has 2 unspecified atom stereocenters. The van der Waals surface area contributed by atoms with E-state index < -0.39 is 43.6 Å². The molecule has 2 aliphatic heterocycles. The molecule has 0 radical (unpaired) electrons. The van der Waals surface area contributed by atoms with Crippen LogP contribution in [0.15, 0.2) is 48.5 Å². The first-order valence-corrected chi connectivity index (χ1v) is 9.68. The second-order valence-corrected chi connectivity index (χ2v) is 7.60. The van der Waals surface area contributed by atoms with Crippen LogP contribution in [0.5, 0.6) is 0 Å². The molecular formula is C20H20Cl2O6. The number of hydrogen-bond acceptors (Lipinski definition) is 6. The number of aliphatic hydroxyl groups is 2. The summed E-state index contributed by atoms with van der Waals surface area (Å²) < 4.78 is 23.6. The van der Waals surface area contributed by atoms with Crippen molar-refractivity contribution in [3.8, 4) is 0 Å². The van der Waals surface area contributed by atoms with Crippen LogP contribution in [0.4, 0.5) is 0 Å². The highest BCUT2D eigenvalue weighted by molar-refractivity contribution is 6.30. The lowest BCUT2D eigenvalue weighted by Crippen LogP contribution is -2.49. The Kier molecular flexibility index (Phi) is 6.20. The van der Waals surface area contributed by atoms with Crippen molar-refractivity contribution in [1.29, 1.82) is 0 Å². The van der Waals surface area contributed by atoms with E-state index in [0.29, 0.717) is 10.0 Å². The summed E-state index contributed by atoms with van der Waals surface area (Å²) in [7, 11) is 0. The van der Waals surface area contributed by atoms with Crippen LogP contribution in [0.2, 0.25) is 10.0 Å². The number of fused-ring (bicyclic) bond motifs is 1. The average molecular weight is 427 g/mol. The average Bonchev–Trinajstić information content (AvgIpc) is 3.12. The number of benzene rings is 2. The lowest BCUT2D eigenvalue weighted by atomic mass is 10.0. The molecule has 4 rings (SSSR count). The third-order valence-corrected chi connectivity index (χ3v) is 5.34. The van der Waals surface area contributed by atoms with E-state index in [-0.39, 0.29) is 6.61 Å². The van der Waals surface area contributed by atoms with Gasteiger partial charge in [-0.2, -0.15) is 0 Å². The van der Waals surface area contributed by atoms with Crippen LogP contribution in [-0.2, 0) is 18.9 Å². The Bertz CT molecular complexity index is 784. The van der Waals surface area contributed by atoms with Gasteiger partial charge in [-0.1, -0.05) is 47.5 Å². The smallest absolute Gasteiger partial charge is 0.184 e. The number of ether oxygens (including phenoxy) is 4. The Morgan fingerprint density at radius 2 is 1.39 bits per heavy atom. The van der Waals surface area contributed by atoms with Crippen molar-refractivity contribution < 1.29 is 29.2 Å². The lowest BCUT2D eigenvalue weighted by Gasteiger charge is -2.34. The SMILES string of the molecule is OC[C@H]1OC(c2ccc(Cl)cc2)OC[C@@H]2OC(c3ccc(Cl)cc3)O[C@@H]2[C@H]1O. The molecule has 0 aromatic heterocycles. The van der Waals surface area contributed by atoms with Crippen molar-refractivity contribution in [3.05, 3.63) is 69.7 Å². The zero-order valence-electron chi connectivity index (χ0n) is 14.8. The zero-order valence-corrected chi connectivity index (χ0v) is 16.3. The van der Waals surface area contributed by atoms with Crippen LogP contribution in [-0.4, -0.2) is 47.8 Å². The fourth-order valence-corrected chi connectivity index (χ4v) is 3.58. The Balaban J connectivity index is 1.54. The van der Waals surface area contributed by atoms with E-state index in [1.165, 1.54) is 0 Å². The van der Waals surface area contributed by atoms with Gasteiger partial charge >= 0.3 is 0 Å². The number of halogens is 2. The van der Waals surface area contributed by atoms with Crippen molar-refractivity contribution in [2.75, 3.05) is 13.2 Å². The van der Waals surface area contributed by atoms with Crippen LogP contribution in [0.1, 0.15) is 23.7 Å². The summed E-state index contributed by atoms with van der Waals surface area (Å²) in [6, 6.07) is 14.1. The van der Waals surface area contributed by atoms with E-state index in [1.807, 2.05) is 0 Å². The normalized spacial score (nSPS) is 33.1. The van der Waals surface area contributed by atoms with E-state index in [9.17, 15) is 10.2 Å². The molecule has 28 heavy (non-hydrogen) atoms. The Morgan fingerprint density at radius 1 is 0.821 bits per heavy atom. The molecule has 2 saturated heterocycles. The van der Waals surface area contributed by atoms with Gasteiger partial charge in [-0.05, 0) is 24.3 Å². The minimum Gasteiger partial charge on any atom is -0.394 e. The quantitative estimate of drug-likeness (QED) is 0.784. The first kappa shape index (κ1) is 20.1. The number of aliphatic hydroxyl groups excluding tert-OH is 2. The first-order chi connectivity index (χ1) is 13.5. The summed E-state index contributed by atoms with van der Waals surface area (Å²) in [5.41, 5.74) is 1.50. The largest absolute Gasteiger partial charge is 0.394 e. The molecule has 0 amide bonds. The van der Waals surface area contributed by atoms with Gasteiger partial charge in [0.2, 0.25) is 0 Å². The van der Waals surface area contributed by atoms with Crippen molar-refractivity contribution in [3.63, 3.8) is 0 Å². The molecule has 2 aromatic rings. The molecule has 0 saturated carbocycles. The summed E-state index contributed by atoms with van der Waals surface area (Å²) >= 11 is 11.9. The van der Waals surface area contributed by atoms with Gasteiger partial charge in [-0.15, -0.1) is 0 Å². The van der Waals surface area contributed by atoms with Gasteiger partial charge < -0.3 is 29.2 Å². The summed E-state index contributed by atoms with van der Waals surface area (Å²) in [6.07, 6.45) is -4.67. The standard InChI is InChI=1S/C20H20Cl2O6/c21-13-5-1-11(2-6-13)19-25-10-16-18(17(24)15(9-23)26-19)28-20(27-16)12-3-7-14(22)8-4-12/h1-8,15-20,23-24H,9-10H2/t15-,16+,17+,18+,19?,20?/m1/s1. The van der Waals surface area contributed by atoms with Gasteiger partial charge in [-0.3, -0.25) is 0 Å². The molecule has 6 nitrogen and oxygen atoms in total. The van der Waals surface area contributed by atoms with Crippen molar-refractivity contribution >= 4 is 23.2 Å². The maximum Gasteiger partial charge on any atom is 0.184 e. The molecular weight excluding hydrogens is 407 g/mol. The molecule has 2 N–H and O–H groups in total. The summed E-state index contributed by atoms with van der Waals surface area (Å²) in [4.78, 5) is 0. The molecule has 2 aliphatic rings. The molecule has 0 aliphatic carbocycles. The Hall–Kier alpha value is -1.22. The van der Waals surface area contributed by atoms with Crippen LogP contribution >= 0.6 is 23.2 Å². The van der Waals surface area contributed by atoms with Crippen molar-refractivity contribution in [2.45, 2.75) is 37.0 Å². The highest BCUT2D eigenvalue weighted by atomic mass is 35.5. The third kappa shape index (κ3) is 4.20. The molecule has 2 fully saturated rings. The van der Waals surface area contributed by atoms with E-state index in [4.69, 9.17) is 42.1 Å². The van der Waals surface area contributed by atoms with E-state index in [1.54, 1.807) is 48.5 Å². The Morgan fingerprint density at radius 3 is 1.96 bits per heavy atom. The minimum absolute atomic E-state index is 0.150. The molecule has 0 spiro atoms. The second kappa shape index (κ2) is 8.65. The van der Waals surface area contributed by atoms with Crippen molar-refractivity contribution in [1.82, 2.24) is 0 Å². The molecule has 8 heteroatoms. The Labute approximate surface area is 172 Å². The van der Waals surface area contributed by atoms with Gasteiger partial charge in [0, 0.05) is 21.2 Å². The van der Waals surface area contributed by atoms with Crippen LogP contribution in [0.25, 0.3) is 0 Å². The zero-order chi connectivity index (χ0) is 19.7. The maximum atomic E-state index is 10.8. The predicted molar refractivity (Wildman–Crippen MR) is 102 cm³/mol. The molecule has 2 heterocycles. The number of hydrogen-bond donors (Lipinski definition) is 2. The fraction of sp³-hybridized carbons (Fsp3) is 0.400. The lowest BCUT2D eigenvalue weighted by molar-refractivity contribution is -0.241. The minimum atomic E-state index is -1.09. The summed E-state index contributed by atoms with van der Waals surface area (Å²) in [6.45, 7) is -0.246. The highest BCUT2D eigenvalue weighted by Gasteiger charge is 2.46. The van der Waals surface area contributed by atoms with Gasteiger partial charge in [0.05, 0.1) is 13.2 Å². The molecule has 6 atom stereocenters. The van der Waals surface area contributed by atoms with Gasteiger partial charge in [-0.25, -0.2) is 0 Å². The fourth-order valence-electron chi connectivity index (χ4n) is 3.33. The second-order valence-electron chi connectivity index (χ2n) is 6.72. The van der Waals surface area contributed by atoms with E-state index in [2.05, 4.69) is 0 Å². The summed E-state index contributed by atoms with van der Waals surface area (Å²) in [5, 5.41) is 21.7. The van der Waals surface area contributed by atoms with Gasteiger partial charge in [0.1, 0.15) is 24.4 Å². The predicted octanol–water partition coefficient (Wildman–Crippen LogP) is 3.24. The van der Waals surface area contributed by atoms with Gasteiger partial charge in [0.15, 0.2) is 12.6 Å². The van der Waals surface area contributed by atoms with Crippen molar-refractivity contribution in [2.24, 2.45) is 0 Å². The maximum absolute atomic E-state index is 10.8. The highest BCUT2D eigenvalue weighted by Crippen LogP contribution is 2.37. The number of rotatable bonds is 3. The van der Waals surface area contributed by atoms with Crippen LogP contribution in [0.3, 0.4) is 0 Å². The van der Waals surface area contributed by atoms with E-state index >= 15 is 0 Å². The first-order valence-electron chi connectivity index (χ1n) is 8.93. The van der Waals surface area contributed by atoms with Gasteiger partial charge in [0.25, 0.3) is 0 Å². The monoisotopic (exact) mass is 426 g/mol. The molecule has 150 valence electrons. The summed E-state index contributed by atoms with van der Waals surface area (Å²) in [5.74, 6) is 0. The topological polar surface area (TPSA) is 77.4 Å². The third-order valence-electron chi connectivity index (χ3n) is 4.84. The van der Waals surface area contributed by atoms with Crippen LogP contribution in [0, 0.1) is 0 Å². The molecule has 0 bridgehead atoms. The van der Waals surface area contributed by atoms with Crippen LogP contribution < -0.4 is 0 Å². The molecule has 2 aromatic carbocycles.